The molecule has 0 aliphatic carbocycles. The van der Waals surface area contributed by atoms with Gasteiger partial charge in [0.25, 0.3) is 0 Å². The van der Waals surface area contributed by atoms with Gasteiger partial charge in [0.15, 0.2) is 12.4 Å². The summed E-state index contributed by atoms with van der Waals surface area (Å²) in [7, 11) is 0. The third-order valence-electron chi connectivity index (χ3n) is 1.71. The lowest BCUT2D eigenvalue weighted by atomic mass is 10.2. The fourth-order valence-corrected chi connectivity index (χ4v) is 1.13. The first-order chi connectivity index (χ1) is 6.74. The molecule has 2 nitrogen and oxygen atoms in total. The van der Waals surface area contributed by atoms with Crippen molar-refractivity contribution < 1.29 is 9.53 Å². The van der Waals surface area contributed by atoms with E-state index in [1.807, 2.05) is 31.2 Å². The quantitative estimate of drug-likeness (QED) is 0.715. The first-order valence-electron chi connectivity index (χ1n) is 4.22. The van der Waals surface area contributed by atoms with E-state index < -0.39 is 0 Å². The molecule has 0 fully saturated rings. The van der Waals surface area contributed by atoms with Crippen LogP contribution in [0.2, 0.25) is 0 Å². The van der Waals surface area contributed by atoms with Gasteiger partial charge >= 0.3 is 0 Å². The number of carbonyl (C=O) groups excluding carboxylic acids is 1. The molecule has 0 saturated carbocycles. The van der Waals surface area contributed by atoms with Gasteiger partial charge in [-0.05, 0) is 24.6 Å². The minimum Gasteiger partial charge on any atom is -0.485 e. The zero-order chi connectivity index (χ0) is 10.4. The van der Waals surface area contributed by atoms with Crippen molar-refractivity contribution in [3.8, 4) is 5.75 Å². The summed E-state index contributed by atoms with van der Waals surface area (Å²) in [5.74, 6) is 0.576. The van der Waals surface area contributed by atoms with Crippen LogP contribution in [0.3, 0.4) is 0 Å². The molecule has 0 spiro atoms. The molecule has 0 N–H and O–H groups in total. The van der Waals surface area contributed by atoms with Gasteiger partial charge in [-0.15, -0.1) is 0 Å². The molecule has 0 aliphatic rings. The Hall–Kier alpha value is -1.28. The monoisotopic (exact) mass is 210 g/mol. The molecule has 0 unspecified atom stereocenters. The van der Waals surface area contributed by atoms with Crippen molar-refractivity contribution in [1.82, 2.24) is 0 Å². The molecular formula is C11H11ClO2. The number of aryl methyl sites for hydroxylation is 1. The van der Waals surface area contributed by atoms with Gasteiger partial charge in [-0.1, -0.05) is 29.8 Å². The number of ketones is 1. The summed E-state index contributed by atoms with van der Waals surface area (Å²) in [4.78, 5) is 11.0. The van der Waals surface area contributed by atoms with Crippen molar-refractivity contribution in [2.75, 3.05) is 6.61 Å². The highest BCUT2D eigenvalue weighted by Crippen LogP contribution is 2.15. The molecule has 1 rings (SSSR count). The fourth-order valence-electron chi connectivity index (χ4n) is 0.986. The van der Waals surface area contributed by atoms with E-state index in [1.165, 1.54) is 11.6 Å². The lowest BCUT2D eigenvalue weighted by Crippen LogP contribution is -2.08. The normalized spacial score (nSPS) is 10.4. The maximum absolute atomic E-state index is 11.0. The second-order valence-electron chi connectivity index (χ2n) is 2.81. The van der Waals surface area contributed by atoms with E-state index in [2.05, 4.69) is 0 Å². The van der Waals surface area contributed by atoms with E-state index in [0.717, 1.165) is 11.3 Å². The molecule has 74 valence electrons. The first-order valence-corrected chi connectivity index (χ1v) is 4.65. The maximum atomic E-state index is 11.0. The molecule has 0 atom stereocenters. The number of ether oxygens (including phenoxy) is 1. The van der Waals surface area contributed by atoms with Crippen LogP contribution in [0.25, 0.3) is 0 Å². The summed E-state index contributed by atoms with van der Waals surface area (Å²) in [5, 5.41) is 0. The fraction of sp³-hybridized carbons (Fsp3) is 0.182. The van der Waals surface area contributed by atoms with Crippen molar-refractivity contribution in [3.63, 3.8) is 0 Å². The van der Waals surface area contributed by atoms with Crippen LogP contribution in [0, 0.1) is 6.92 Å². The lowest BCUT2D eigenvalue weighted by Gasteiger charge is -2.05. The Morgan fingerprint density at radius 2 is 2.21 bits per heavy atom. The topological polar surface area (TPSA) is 26.3 Å². The molecule has 3 heteroatoms. The molecule has 0 heterocycles. The van der Waals surface area contributed by atoms with Crippen molar-refractivity contribution >= 4 is 17.4 Å². The number of halogens is 1. The summed E-state index contributed by atoms with van der Waals surface area (Å²) in [6.07, 6.45) is 1.28. The van der Waals surface area contributed by atoms with Gasteiger partial charge in [0, 0.05) is 5.54 Å². The highest BCUT2D eigenvalue weighted by molar-refractivity contribution is 6.26. The zero-order valence-corrected chi connectivity index (χ0v) is 8.62. The van der Waals surface area contributed by atoms with Gasteiger partial charge in [0.2, 0.25) is 0 Å². The lowest BCUT2D eigenvalue weighted by molar-refractivity contribution is -0.116. The average molecular weight is 211 g/mol. The molecule has 0 bridgehead atoms. The highest BCUT2D eigenvalue weighted by Gasteiger charge is 2.00. The Morgan fingerprint density at radius 3 is 2.86 bits per heavy atom. The van der Waals surface area contributed by atoms with Crippen LogP contribution in [0.5, 0.6) is 5.75 Å². The molecule has 1 aromatic carbocycles. The molecule has 0 aliphatic heterocycles. The van der Waals surface area contributed by atoms with Crippen LogP contribution in [-0.4, -0.2) is 12.4 Å². The Kier molecular flexibility index (Phi) is 4.20. The van der Waals surface area contributed by atoms with Crippen LogP contribution >= 0.6 is 11.6 Å². The smallest absolute Gasteiger partial charge is 0.193 e. The predicted octanol–water partition coefficient (Wildman–Crippen LogP) is 2.70. The van der Waals surface area contributed by atoms with E-state index >= 15 is 0 Å². The Morgan fingerprint density at radius 1 is 1.50 bits per heavy atom. The summed E-state index contributed by atoms with van der Waals surface area (Å²) >= 11 is 5.25. The van der Waals surface area contributed by atoms with E-state index in [1.54, 1.807) is 0 Å². The third kappa shape index (κ3) is 3.23. The van der Waals surface area contributed by atoms with Crippen molar-refractivity contribution in [1.29, 1.82) is 0 Å². The SMILES string of the molecule is Cc1ccccc1OCC(=O)/C=C/Cl. The van der Waals surface area contributed by atoms with E-state index in [-0.39, 0.29) is 12.4 Å². The van der Waals surface area contributed by atoms with Crippen LogP contribution in [0.15, 0.2) is 35.9 Å². The molecule has 0 aromatic heterocycles. The first kappa shape index (κ1) is 10.8. The highest BCUT2D eigenvalue weighted by atomic mass is 35.5. The second kappa shape index (κ2) is 5.45. The molecule has 14 heavy (non-hydrogen) atoms. The van der Waals surface area contributed by atoms with Crippen molar-refractivity contribution in [2.24, 2.45) is 0 Å². The summed E-state index contributed by atoms with van der Waals surface area (Å²) in [6, 6.07) is 7.54. The largest absolute Gasteiger partial charge is 0.485 e. The number of hydrogen-bond donors (Lipinski definition) is 0. The molecule has 0 radical (unpaired) electrons. The van der Waals surface area contributed by atoms with E-state index in [9.17, 15) is 4.79 Å². The number of para-hydroxylation sites is 1. The van der Waals surface area contributed by atoms with Gasteiger partial charge in [-0.2, -0.15) is 0 Å². The summed E-state index contributed by atoms with van der Waals surface area (Å²) < 4.78 is 5.29. The predicted molar refractivity (Wildman–Crippen MR) is 56.7 cm³/mol. The van der Waals surface area contributed by atoms with E-state index in [4.69, 9.17) is 16.3 Å². The summed E-state index contributed by atoms with van der Waals surface area (Å²) in [5.41, 5.74) is 2.19. The molecule has 0 amide bonds. The van der Waals surface area contributed by atoms with E-state index in [0.29, 0.717) is 0 Å². The van der Waals surface area contributed by atoms with Gasteiger partial charge in [-0.3, -0.25) is 4.79 Å². The van der Waals surface area contributed by atoms with Gasteiger partial charge in [-0.25, -0.2) is 0 Å². The number of benzene rings is 1. The second-order valence-corrected chi connectivity index (χ2v) is 3.07. The maximum Gasteiger partial charge on any atom is 0.193 e. The Labute approximate surface area is 88.1 Å². The third-order valence-corrected chi connectivity index (χ3v) is 1.84. The van der Waals surface area contributed by atoms with Crippen molar-refractivity contribution in [2.45, 2.75) is 6.92 Å². The van der Waals surface area contributed by atoms with Crippen LogP contribution < -0.4 is 4.74 Å². The number of carbonyl (C=O) groups is 1. The minimum absolute atomic E-state index is 0.0219. The van der Waals surface area contributed by atoms with Gasteiger partial charge in [0.05, 0.1) is 0 Å². The van der Waals surface area contributed by atoms with Crippen LogP contribution in [-0.2, 0) is 4.79 Å². The standard InChI is InChI=1S/C11H11ClO2/c1-9-4-2-3-5-11(9)14-8-10(13)6-7-12/h2-7H,8H2,1H3/b7-6+. The molecular weight excluding hydrogens is 200 g/mol. The van der Waals surface area contributed by atoms with Crippen molar-refractivity contribution in [3.05, 3.63) is 41.4 Å². The minimum atomic E-state index is -0.150. The van der Waals surface area contributed by atoms with Crippen LogP contribution in [0.1, 0.15) is 5.56 Å². The van der Waals surface area contributed by atoms with Gasteiger partial charge < -0.3 is 4.74 Å². The Bertz CT molecular complexity index is 345. The van der Waals surface area contributed by atoms with Gasteiger partial charge in [0.1, 0.15) is 5.75 Å². The molecule has 1 aromatic rings. The number of hydrogen-bond acceptors (Lipinski definition) is 2. The average Bonchev–Trinajstić information content (AvgIpc) is 2.17. The number of rotatable bonds is 4. The zero-order valence-electron chi connectivity index (χ0n) is 7.87. The summed E-state index contributed by atoms with van der Waals surface area (Å²) in [6.45, 7) is 1.95. The Balaban J connectivity index is 2.54. The van der Waals surface area contributed by atoms with Crippen LogP contribution in [0.4, 0.5) is 0 Å². The molecule has 0 saturated heterocycles.